The molecule has 0 radical (unpaired) electrons. The van der Waals surface area contributed by atoms with Gasteiger partial charge in [-0.1, -0.05) is 0 Å². The second kappa shape index (κ2) is 12.9. The molecule has 5 aromatic carbocycles. The van der Waals surface area contributed by atoms with E-state index in [1.54, 1.807) is 0 Å². The molecule has 0 aliphatic rings. The van der Waals surface area contributed by atoms with Gasteiger partial charge >= 0.3 is 329 Å². The van der Waals surface area contributed by atoms with Gasteiger partial charge in [-0.3, -0.25) is 0 Å². The first-order valence-corrected chi connectivity index (χ1v) is 21.8. The van der Waals surface area contributed by atoms with Crippen LogP contribution in [0.15, 0.2) is 78.9 Å². The van der Waals surface area contributed by atoms with E-state index >= 15 is 0 Å². The standard InChI is InChI=1S/C50H69O3P/c1-45(2,3)34-24-32-26-41(49(13,14)15)43(30-37(32)39(28-34)47(7,8)9)54(51,52,53-36-22-20-19-21-23-36)44-31-38-33(27-42(44)50(16,17)18)25-35(46(4,5)6)29-40(38)48(10,11)12/h19-31,51-52H,1-18H3. The number of fused-ring (bicyclic) bond motifs is 2. The molecule has 0 saturated carbocycles. The van der Waals surface area contributed by atoms with E-state index in [1.165, 1.54) is 22.3 Å². The van der Waals surface area contributed by atoms with E-state index in [4.69, 9.17) is 4.52 Å². The Hall–Kier alpha value is -3.23. The van der Waals surface area contributed by atoms with E-state index in [-0.39, 0.29) is 21.7 Å². The summed E-state index contributed by atoms with van der Waals surface area (Å²) < 4.78 is 6.98. The van der Waals surface area contributed by atoms with Crippen molar-refractivity contribution in [2.45, 2.75) is 157 Å². The van der Waals surface area contributed by atoms with Crippen LogP contribution >= 0.6 is 7.28 Å². The topological polar surface area (TPSA) is 49.7 Å². The van der Waals surface area contributed by atoms with E-state index < -0.39 is 18.1 Å². The maximum atomic E-state index is 14.1. The summed E-state index contributed by atoms with van der Waals surface area (Å²) in [7, 11) is -5.59. The third-order valence-corrected chi connectivity index (χ3v) is 14.0. The molecule has 5 rings (SSSR count). The molecule has 5 aromatic rings. The first kappa shape index (κ1) is 41.9. The average Bonchev–Trinajstić information content (AvgIpc) is 3.00. The van der Waals surface area contributed by atoms with Crippen LogP contribution in [0, 0.1) is 0 Å². The molecule has 0 aliphatic heterocycles. The molecule has 54 heavy (non-hydrogen) atoms. The van der Waals surface area contributed by atoms with Crippen molar-refractivity contribution in [3.05, 3.63) is 112 Å². The molecular formula is C50H69O3P. The second-order valence-corrected chi connectivity index (χ2v) is 25.1. The predicted molar refractivity (Wildman–Crippen MR) is 238 cm³/mol. The van der Waals surface area contributed by atoms with Gasteiger partial charge < -0.3 is 0 Å². The quantitative estimate of drug-likeness (QED) is 0.180. The summed E-state index contributed by atoms with van der Waals surface area (Å²) in [5.41, 5.74) is 5.08. The van der Waals surface area contributed by atoms with Crippen molar-refractivity contribution in [2.24, 2.45) is 0 Å². The molecule has 0 heterocycles. The first-order chi connectivity index (χ1) is 24.2. The molecule has 0 fully saturated rings. The van der Waals surface area contributed by atoms with Crippen molar-refractivity contribution in [2.75, 3.05) is 0 Å². The molecule has 0 aliphatic carbocycles. The van der Waals surface area contributed by atoms with E-state index in [0.29, 0.717) is 16.4 Å². The molecule has 4 heteroatoms. The summed E-state index contributed by atoms with van der Waals surface area (Å²) in [4.78, 5) is 28.2. The molecule has 0 unspecified atom stereocenters. The van der Waals surface area contributed by atoms with Crippen molar-refractivity contribution in [3.8, 4) is 5.75 Å². The summed E-state index contributed by atoms with van der Waals surface area (Å²) >= 11 is 0. The Morgan fingerprint density at radius 3 is 1.02 bits per heavy atom. The molecular weight excluding hydrogens is 680 g/mol. The summed E-state index contributed by atoms with van der Waals surface area (Å²) in [6.07, 6.45) is 0. The predicted octanol–water partition coefficient (Wildman–Crippen LogP) is 13.1. The van der Waals surface area contributed by atoms with Crippen molar-refractivity contribution in [1.82, 2.24) is 0 Å². The van der Waals surface area contributed by atoms with Crippen molar-refractivity contribution >= 4 is 39.4 Å². The number of rotatable bonds is 4. The molecule has 292 valence electrons. The molecule has 0 spiro atoms. The number of para-hydroxylation sites is 1. The fourth-order valence-corrected chi connectivity index (χ4v) is 11.1. The van der Waals surface area contributed by atoms with Gasteiger partial charge in [-0.05, 0) is 0 Å². The number of hydrogen-bond donors (Lipinski definition) is 2. The fraction of sp³-hybridized carbons (Fsp3) is 0.480. The minimum absolute atomic E-state index is 0.0668. The molecule has 2 N–H and O–H groups in total. The summed E-state index contributed by atoms with van der Waals surface area (Å²) in [6, 6.07) is 27.2. The average molecular weight is 749 g/mol. The molecule has 0 atom stereocenters. The van der Waals surface area contributed by atoms with Gasteiger partial charge in [-0.25, -0.2) is 0 Å². The summed E-state index contributed by atoms with van der Waals surface area (Å²) in [5.74, 6) is 0.415. The van der Waals surface area contributed by atoms with Gasteiger partial charge in [0.2, 0.25) is 0 Å². The van der Waals surface area contributed by atoms with Gasteiger partial charge in [0.1, 0.15) is 0 Å². The van der Waals surface area contributed by atoms with Gasteiger partial charge in [0.25, 0.3) is 0 Å². The van der Waals surface area contributed by atoms with Gasteiger partial charge in [0.05, 0.1) is 0 Å². The van der Waals surface area contributed by atoms with Crippen LogP contribution in [0.25, 0.3) is 21.5 Å². The van der Waals surface area contributed by atoms with Crippen LogP contribution in [0.1, 0.15) is 158 Å². The Morgan fingerprint density at radius 2 is 0.722 bits per heavy atom. The Labute approximate surface area is 327 Å². The van der Waals surface area contributed by atoms with Crippen LogP contribution < -0.4 is 15.1 Å². The summed E-state index contributed by atoms with van der Waals surface area (Å²) in [6.45, 7) is 39.9. The molecule has 0 amide bonds. The molecule has 0 bridgehead atoms. The van der Waals surface area contributed by atoms with Crippen molar-refractivity contribution in [3.63, 3.8) is 0 Å². The monoisotopic (exact) mass is 748 g/mol. The number of hydrogen-bond acceptors (Lipinski definition) is 3. The van der Waals surface area contributed by atoms with Gasteiger partial charge in [0.15, 0.2) is 0 Å². The molecule has 0 aromatic heterocycles. The van der Waals surface area contributed by atoms with Crippen LogP contribution in [0.5, 0.6) is 5.75 Å². The van der Waals surface area contributed by atoms with Gasteiger partial charge in [0, 0.05) is 0 Å². The number of benzene rings is 5. The molecule has 0 saturated heterocycles. The fourth-order valence-electron chi connectivity index (χ4n) is 7.68. The molecule has 3 nitrogen and oxygen atoms in total. The maximum absolute atomic E-state index is 14.1. The van der Waals surface area contributed by atoms with E-state index in [0.717, 1.165) is 32.7 Å². The third kappa shape index (κ3) is 7.89. The second-order valence-electron chi connectivity index (χ2n) is 22.1. The van der Waals surface area contributed by atoms with E-state index in [9.17, 15) is 9.79 Å². The van der Waals surface area contributed by atoms with Crippen LogP contribution in [0.3, 0.4) is 0 Å². The minimum atomic E-state index is -5.59. The van der Waals surface area contributed by atoms with Gasteiger partial charge in [-0.15, -0.1) is 0 Å². The third-order valence-electron chi connectivity index (χ3n) is 11.0. The van der Waals surface area contributed by atoms with Crippen molar-refractivity contribution < 1.29 is 14.3 Å². The normalized spacial score (nSPS) is 14.7. The Kier molecular flexibility index (Phi) is 10.0. The first-order valence-electron chi connectivity index (χ1n) is 19.8. The van der Waals surface area contributed by atoms with Crippen LogP contribution in [-0.2, 0) is 32.5 Å². The Balaban J connectivity index is 2.09. The Morgan fingerprint density at radius 1 is 0.389 bits per heavy atom. The van der Waals surface area contributed by atoms with Crippen molar-refractivity contribution in [1.29, 1.82) is 0 Å². The van der Waals surface area contributed by atoms with Crippen LogP contribution in [-0.4, -0.2) is 9.79 Å². The van der Waals surface area contributed by atoms with Crippen LogP contribution in [0.4, 0.5) is 0 Å². The SMILES string of the molecule is CC(C)(C)c1cc(C(C)(C)C)c2cc(P(O)(O)(Oc3ccccc3)c3cc4c(C(C)(C)C)cc(C(C)(C)C)cc4cc3C(C)(C)C)c(C(C)(C)C)cc2c1. The van der Waals surface area contributed by atoms with E-state index in [2.05, 4.69) is 173 Å². The van der Waals surface area contributed by atoms with Gasteiger partial charge in [-0.2, -0.15) is 0 Å². The zero-order valence-corrected chi connectivity index (χ0v) is 37.6. The zero-order valence-electron chi connectivity index (χ0n) is 36.8. The van der Waals surface area contributed by atoms with E-state index in [1.807, 2.05) is 30.3 Å². The summed E-state index contributed by atoms with van der Waals surface area (Å²) in [5, 5.41) is 5.11. The zero-order chi connectivity index (χ0) is 40.9. The van der Waals surface area contributed by atoms with Crippen LogP contribution in [0.2, 0.25) is 0 Å². The Bertz CT molecular complexity index is 2080.